The van der Waals surface area contributed by atoms with Crippen molar-refractivity contribution in [2.24, 2.45) is 0 Å². The van der Waals surface area contributed by atoms with Crippen LogP contribution in [0.2, 0.25) is 0 Å². The lowest BCUT2D eigenvalue weighted by atomic mass is 9.98. The van der Waals surface area contributed by atoms with E-state index in [1.807, 2.05) is 18.2 Å². The van der Waals surface area contributed by atoms with Gasteiger partial charge in [-0.25, -0.2) is 0 Å². The summed E-state index contributed by atoms with van der Waals surface area (Å²) in [5, 5.41) is 8.58. The molecule has 0 bridgehead atoms. The summed E-state index contributed by atoms with van der Waals surface area (Å²) in [4.78, 5) is 0. The first kappa shape index (κ1) is 9.83. The van der Waals surface area contributed by atoms with E-state index < -0.39 is 0 Å². The molecule has 13 heavy (non-hydrogen) atoms. The van der Waals surface area contributed by atoms with Crippen LogP contribution in [0.1, 0.15) is 30.9 Å². The summed E-state index contributed by atoms with van der Waals surface area (Å²) in [5.41, 5.74) is 2.26. The fourth-order valence-electron chi connectivity index (χ4n) is 1.25. The summed E-state index contributed by atoms with van der Waals surface area (Å²) in [6.07, 6.45) is 0. The van der Waals surface area contributed by atoms with E-state index in [0.29, 0.717) is 5.92 Å². The van der Waals surface area contributed by atoms with Gasteiger partial charge in [0.05, 0.1) is 0 Å². The molecule has 0 saturated heterocycles. The Bertz CT molecular complexity index is 328. The van der Waals surface area contributed by atoms with E-state index in [1.165, 1.54) is 5.56 Å². The van der Waals surface area contributed by atoms with Crippen LogP contribution in [0.15, 0.2) is 24.3 Å². The third-order valence-electron chi connectivity index (χ3n) is 1.88. The molecule has 0 saturated carbocycles. The van der Waals surface area contributed by atoms with Crippen LogP contribution < -0.4 is 0 Å². The normalized spacial score (nSPS) is 9.54. The minimum Gasteiger partial charge on any atom is -0.384 e. The molecule has 0 aliphatic carbocycles. The van der Waals surface area contributed by atoms with E-state index in [4.69, 9.17) is 5.11 Å². The van der Waals surface area contributed by atoms with Crippen LogP contribution in [0.25, 0.3) is 0 Å². The number of hydrogen-bond donors (Lipinski definition) is 1. The van der Waals surface area contributed by atoms with Gasteiger partial charge >= 0.3 is 0 Å². The zero-order valence-corrected chi connectivity index (χ0v) is 8.04. The zero-order valence-electron chi connectivity index (χ0n) is 8.04. The number of rotatable bonds is 1. The average molecular weight is 174 g/mol. The minimum atomic E-state index is -0.0770. The quantitative estimate of drug-likeness (QED) is 0.647. The molecule has 0 aliphatic rings. The second kappa shape index (κ2) is 4.69. The van der Waals surface area contributed by atoms with Crippen molar-refractivity contribution in [2.75, 3.05) is 6.61 Å². The van der Waals surface area contributed by atoms with Crippen molar-refractivity contribution < 1.29 is 5.11 Å². The lowest BCUT2D eigenvalue weighted by Crippen LogP contribution is -1.91. The maximum atomic E-state index is 8.58. The van der Waals surface area contributed by atoms with E-state index in [0.717, 1.165) is 5.56 Å². The van der Waals surface area contributed by atoms with Crippen LogP contribution in [0.4, 0.5) is 0 Å². The van der Waals surface area contributed by atoms with Gasteiger partial charge in [0.1, 0.15) is 6.61 Å². The van der Waals surface area contributed by atoms with Gasteiger partial charge in [0.25, 0.3) is 0 Å². The fourth-order valence-corrected chi connectivity index (χ4v) is 1.25. The van der Waals surface area contributed by atoms with Gasteiger partial charge in [-0.2, -0.15) is 0 Å². The molecule has 1 aromatic rings. The summed E-state index contributed by atoms with van der Waals surface area (Å²) >= 11 is 0. The van der Waals surface area contributed by atoms with Crippen LogP contribution in [-0.4, -0.2) is 11.7 Å². The lowest BCUT2D eigenvalue weighted by molar-refractivity contribution is 0.350. The van der Waals surface area contributed by atoms with Gasteiger partial charge in [0.2, 0.25) is 0 Å². The van der Waals surface area contributed by atoms with E-state index >= 15 is 0 Å². The molecule has 0 spiro atoms. The Morgan fingerprint density at radius 1 is 1.31 bits per heavy atom. The van der Waals surface area contributed by atoms with E-state index in [2.05, 4.69) is 31.8 Å². The Labute approximate surface area is 79.4 Å². The Kier molecular flexibility index (Phi) is 3.54. The molecule has 0 radical (unpaired) electrons. The molecule has 1 rings (SSSR count). The smallest absolute Gasteiger partial charge is 0.104 e. The maximum Gasteiger partial charge on any atom is 0.104 e. The van der Waals surface area contributed by atoms with Crippen molar-refractivity contribution in [1.29, 1.82) is 0 Å². The van der Waals surface area contributed by atoms with Crippen LogP contribution in [-0.2, 0) is 0 Å². The van der Waals surface area contributed by atoms with Crippen molar-refractivity contribution in [3.8, 4) is 11.8 Å². The van der Waals surface area contributed by atoms with Gasteiger partial charge in [0.15, 0.2) is 0 Å². The van der Waals surface area contributed by atoms with Gasteiger partial charge in [-0.05, 0) is 17.5 Å². The molecule has 1 aromatic carbocycles. The van der Waals surface area contributed by atoms with Gasteiger partial charge in [0, 0.05) is 5.56 Å². The molecule has 0 unspecified atom stereocenters. The SMILES string of the molecule is CC(C)c1ccccc1C#CCO. The molecule has 0 atom stereocenters. The molecular weight excluding hydrogens is 160 g/mol. The molecule has 1 nitrogen and oxygen atoms in total. The van der Waals surface area contributed by atoms with Crippen LogP contribution >= 0.6 is 0 Å². The topological polar surface area (TPSA) is 20.2 Å². The van der Waals surface area contributed by atoms with Crippen molar-refractivity contribution in [3.05, 3.63) is 35.4 Å². The Balaban J connectivity index is 3.05. The second-order valence-electron chi connectivity index (χ2n) is 3.20. The molecule has 0 amide bonds. The zero-order chi connectivity index (χ0) is 9.68. The van der Waals surface area contributed by atoms with Gasteiger partial charge in [-0.1, -0.05) is 43.9 Å². The molecule has 0 fully saturated rings. The van der Waals surface area contributed by atoms with E-state index in [1.54, 1.807) is 0 Å². The van der Waals surface area contributed by atoms with Crippen LogP contribution in [0.5, 0.6) is 0 Å². The van der Waals surface area contributed by atoms with Crippen molar-refractivity contribution >= 4 is 0 Å². The summed E-state index contributed by atoms with van der Waals surface area (Å²) in [6.45, 7) is 4.20. The highest BCUT2D eigenvalue weighted by molar-refractivity contribution is 5.42. The first-order valence-electron chi connectivity index (χ1n) is 4.44. The van der Waals surface area contributed by atoms with Crippen LogP contribution in [0.3, 0.4) is 0 Å². The molecule has 1 N–H and O–H groups in total. The highest BCUT2D eigenvalue weighted by Gasteiger charge is 2.02. The molecule has 0 aromatic heterocycles. The molecule has 0 aliphatic heterocycles. The molecule has 0 heterocycles. The second-order valence-corrected chi connectivity index (χ2v) is 3.20. The van der Waals surface area contributed by atoms with Gasteiger partial charge in [-0.15, -0.1) is 0 Å². The first-order valence-corrected chi connectivity index (χ1v) is 4.44. The van der Waals surface area contributed by atoms with E-state index in [9.17, 15) is 0 Å². The third kappa shape index (κ3) is 2.61. The number of benzene rings is 1. The number of hydrogen-bond acceptors (Lipinski definition) is 1. The highest BCUT2D eigenvalue weighted by Crippen LogP contribution is 2.17. The molecule has 1 heteroatoms. The van der Waals surface area contributed by atoms with Gasteiger partial charge < -0.3 is 5.11 Å². The monoisotopic (exact) mass is 174 g/mol. The van der Waals surface area contributed by atoms with Gasteiger partial charge in [-0.3, -0.25) is 0 Å². The molecular formula is C12H14O. The van der Waals surface area contributed by atoms with Crippen molar-refractivity contribution in [3.63, 3.8) is 0 Å². The largest absolute Gasteiger partial charge is 0.384 e. The number of aliphatic hydroxyl groups excluding tert-OH is 1. The van der Waals surface area contributed by atoms with Crippen LogP contribution in [0, 0.1) is 11.8 Å². The maximum absolute atomic E-state index is 8.58. The predicted octanol–water partition coefficient (Wildman–Crippen LogP) is 2.15. The molecule has 68 valence electrons. The summed E-state index contributed by atoms with van der Waals surface area (Å²) in [7, 11) is 0. The van der Waals surface area contributed by atoms with Crippen molar-refractivity contribution in [2.45, 2.75) is 19.8 Å². The Hall–Kier alpha value is -1.26. The Morgan fingerprint density at radius 2 is 2.00 bits per heavy atom. The summed E-state index contributed by atoms with van der Waals surface area (Å²) in [5.74, 6) is 6.09. The average Bonchev–Trinajstić information content (AvgIpc) is 2.15. The first-order chi connectivity index (χ1) is 6.25. The predicted molar refractivity (Wildman–Crippen MR) is 54.5 cm³/mol. The highest BCUT2D eigenvalue weighted by atomic mass is 16.2. The standard InChI is InChI=1S/C12H14O/c1-10(2)12-8-4-3-6-11(12)7-5-9-13/h3-4,6,8,10,13H,9H2,1-2H3. The summed E-state index contributed by atoms with van der Waals surface area (Å²) in [6, 6.07) is 8.04. The Morgan fingerprint density at radius 3 is 2.62 bits per heavy atom. The fraction of sp³-hybridized carbons (Fsp3) is 0.333. The van der Waals surface area contributed by atoms with Crippen molar-refractivity contribution in [1.82, 2.24) is 0 Å². The summed E-state index contributed by atoms with van der Waals surface area (Å²) < 4.78 is 0. The third-order valence-corrected chi connectivity index (χ3v) is 1.88. The van der Waals surface area contributed by atoms with E-state index in [-0.39, 0.29) is 6.61 Å². The lowest BCUT2D eigenvalue weighted by Gasteiger charge is -2.06. The number of aliphatic hydroxyl groups is 1. The minimum absolute atomic E-state index is 0.0770.